The molecule has 0 saturated heterocycles. The monoisotopic (exact) mass is 371 g/mol. The molecule has 0 fully saturated rings. The summed E-state index contributed by atoms with van der Waals surface area (Å²) in [5, 5.41) is 19.2. The normalized spacial score (nSPS) is 13.9. The molecule has 156 valence electrons. The fourth-order valence-corrected chi connectivity index (χ4v) is 3.44. The molecule has 0 amide bonds. The third-order valence-electron chi connectivity index (χ3n) is 5.46. The number of hydrogen-bond donors (Lipinski definition) is 2. The Bertz CT molecular complexity index is 333. The molecule has 4 nitrogen and oxygen atoms in total. The molecule has 0 aromatic heterocycles. The maximum Gasteiger partial charge on any atom is 0.351 e. The average molecular weight is 372 g/mol. The van der Waals surface area contributed by atoms with E-state index in [0.717, 1.165) is 19.3 Å². The van der Waals surface area contributed by atoms with E-state index < -0.39 is 11.7 Å². The zero-order valence-corrected chi connectivity index (χ0v) is 17.8. The predicted molar refractivity (Wildman–Crippen MR) is 110 cm³/mol. The molecule has 0 bridgehead atoms. The highest BCUT2D eigenvalue weighted by molar-refractivity contribution is 5.76. The Labute approximate surface area is 162 Å². The second-order valence-electron chi connectivity index (χ2n) is 8.07. The highest BCUT2D eigenvalue weighted by Gasteiger charge is 2.37. The fraction of sp³-hybridized carbons (Fsp3) is 0.955. The number of carboxylic acid groups (broad SMARTS) is 1. The molecule has 0 aliphatic rings. The van der Waals surface area contributed by atoms with Gasteiger partial charge in [-0.3, -0.25) is 4.90 Å². The maximum absolute atomic E-state index is 11.2. The van der Waals surface area contributed by atoms with Gasteiger partial charge >= 0.3 is 5.97 Å². The zero-order valence-electron chi connectivity index (χ0n) is 17.8. The Morgan fingerprint density at radius 2 is 1.00 bits per heavy atom. The summed E-state index contributed by atoms with van der Waals surface area (Å²) in [4.78, 5) is 12.6. The number of carboxylic acids is 1. The molecule has 0 aromatic rings. The number of aliphatic hydroxyl groups is 1. The van der Waals surface area contributed by atoms with Crippen LogP contribution in [-0.4, -0.2) is 40.9 Å². The van der Waals surface area contributed by atoms with Gasteiger partial charge in [0.2, 0.25) is 5.72 Å². The van der Waals surface area contributed by atoms with Crippen LogP contribution in [0, 0.1) is 0 Å². The lowest BCUT2D eigenvalue weighted by molar-refractivity contribution is -0.179. The van der Waals surface area contributed by atoms with Gasteiger partial charge in [-0.1, -0.05) is 103 Å². The summed E-state index contributed by atoms with van der Waals surface area (Å²) in [6.45, 7) is 2.27. The molecular weight excluding hydrogens is 326 g/mol. The molecule has 0 saturated carbocycles. The molecule has 0 spiro atoms. The molecule has 2 N–H and O–H groups in total. The van der Waals surface area contributed by atoms with Gasteiger partial charge in [0.05, 0.1) is 0 Å². The third-order valence-corrected chi connectivity index (χ3v) is 5.46. The molecule has 0 heterocycles. The number of rotatable bonds is 19. The standard InChI is InChI=1S/C22H45NO3/c1-4-5-6-7-8-9-10-11-12-13-14-15-16-17-18-19-20-22(26,21(24)25)23(2)3/h26H,4-20H2,1-3H3,(H,24,25)/t22-/m1/s1. The van der Waals surface area contributed by atoms with Crippen molar-refractivity contribution in [3.63, 3.8) is 0 Å². The summed E-state index contributed by atoms with van der Waals surface area (Å²) in [6.07, 6.45) is 21.0. The lowest BCUT2D eigenvalue weighted by atomic mass is 10.0. The van der Waals surface area contributed by atoms with E-state index in [9.17, 15) is 9.90 Å². The number of unbranched alkanes of at least 4 members (excludes halogenated alkanes) is 15. The Morgan fingerprint density at radius 3 is 1.27 bits per heavy atom. The van der Waals surface area contributed by atoms with Gasteiger partial charge in [-0.2, -0.15) is 0 Å². The lowest BCUT2D eigenvalue weighted by Crippen LogP contribution is -2.51. The minimum absolute atomic E-state index is 0.299. The number of likely N-dealkylation sites (N-methyl/N-ethyl adjacent to an activating group) is 1. The van der Waals surface area contributed by atoms with Gasteiger partial charge in [-0.05, 0) is 20.5 Å². The van der Waals surface area contributed by atoms with Crippen molar-refractivity contribution in [3.8, 4) is 0 Å². The summed E-state index contributed by atoms with van der Waals surface area (Å²) < 4.78 is 0. The van der Waals surface area contributed by atoms with E-state index >= 15 is 0 Å². The molecule has 0 radical (unpaired) electrons. The van der Waals surface area contributed by atoms with Crippen LogP contribution in [0.2, 0.25) is 0 Å². The summed E-state index contributed by atoms with van der Waals surface area (Å²) >= 11 is 0. The van der Waals surface area contributed by atoms with Gasteiger partial charge in [0.25, 0.3) is 0 Å². The highest BCUT2D eigenvalue weighted by atomic mass is 16.4. The molecule has 26 heavy (non-hydrogen) atoms. The lowest BCUT2D eigenvalue weighted by Gasteiger charge is -2.30. The van der Waals surface area contributed by atoms with Gasteiger partial charge in [0.15, 0.2) is 0 Å². The number of nitrogens with zero attached hydrogens (tertiary/aromatic N) is 1. The zero-order chi connectivity index (χ0) is 19.7. The summed E-state index contributed by atoms with van der Waals surface area (Å²) in [7, 11) is 3.22. The van der Waals surface area contributed by atoms with Gasteiger partial charge in [0, 0.05) is 6.42 Å². The summed E-state index contributed by atoms with van der Waals surface area (Å²) in [5.41, 5.74) is -1.71. The highest BCUT2D eigenvalue weighted by Crippen LogP contribution is 2.19. The van der Waals surface area contributed by atoms with Crippen LogP contribution in [0.15, 0.2) is 0 Å². The molecule has 0 aromatic carbocycles. The predicted octanol–water partition coefficient (Wildman–Crippen LogP) is 5.97. The van der Waals surface area contributed by atoms with Crippen molar-refractivity contribution in [1.82, 2.24) is 4.90 Å². The van der Waals surface area contributed by atoms with Gasteiger partial charge in [-0.25, -0.2) is 4.79 Å². The minimum atomic E-state index is -1.71. The molecule has 0 aliphatic carbocycles. The topological polar surface area (TPSA) is 60.8 Å². The molecule has 0 unspecified atom stereocenters. The van der Waals surface area contributed by atoms with Crippen LogP contribution in [0.25, 0.3) is 0 Å². The average Bonchev–Trinajstić information content (AvgIpc) is 2.60. The van der Waals surface area contributed by atoms with Gasteiger partial charge in [0.1, 0.15) is 0 Å². The van der Waals surface area contributed by atoms with Crippen LogP contribution in [0.3, 0.4) is 0 Å². The SMILES string of the molecule is CCCCCCCCCCCCCCCCCC[C@@](O)(C(=O)O)N(C)C. The maximum atomic E-state index is 11.2. The third kappa shape index (κ3) is 12.7. The Hall–Kier alpha value is -0.610. The first kappa shape index (κ1) is 25.4. The second kappa shape index (κ2) is 16.6. The molecule has 0 aliphatic heterocycles. The van der Waals surface area contributed by atoms with E-state index in [1.807, 2.05) is 0 Å². The quantitative estimate of drug-likeness (QED) is 0.217. The largest absolute Gasteiger partial charge is 0.478 e. The Morgan fingerprint density at radius 1 is 0.692 bits per heavy atom. The van der Waals surface area contributed by atoms with E-state index in [4.69, 9.17) is 5.11 Å². The van der Waals surface area contributed by atoms with Crippen molar-refractivity contribution < 1.29 is 15.0 Å². The molecular formula is C22H45NO3. The van der Waals surface area contributed by atoms with E-state index in [-0.39, 0.29) is 0 Å². The van der Waals surface area contributed by atoms with Crippen molar-refractivity contribution in [2.24, 2.45) is 0 Å². The van der Waals surface area contributed by atoms with Crippen molar-refractivity contribution in [1.29, 1.82) is 0 Å². The van der Waals surface area contributed by atoms with Crippen molar-refractivity contribution in [2.75, 3.05) is 14.1 Å². The van der Waals surface area contributed by atoms with Crippen LogP contribution >= 0.6 is 0 Å². The first-order valence-corrected chi connectivity index (χ1v) is 11.1. The van der Waals surface area contributed by atoms with Crippen molar-refractivity contribution in [2.45, 2.75) is 122 Å². The van der Waals surface area contributed by atoms with E-state index in [2.05, 4.69) is 6.92 Å². The van der Waals surface area contributed by atoms with Crippen LogP contribution in [0.4, 0.5) is 0 Å². The first-order valence-electron chi connectivity index (χ1n) is 11.1. The first-order chi connectivity index (χ1) is 12.4. The Balaban J connectivity index is 3.33. The molecule has 1 atom stereocenters. The van der Waals surface area contributed by atoms with Crippen LogP contribution in [0.5, 0.6) is 0 Å². The van der Waals surface area contributed by atoms with E-state index in [0.29, 0.717) is 6.42 Å². The van der Waals surface area contributed by atoms with Gasteiger partial charge in [-0.15, -0.1) is 0 Å². The molecule has 4 heteroatoms. The summed E-state index contributed by atoms with van der Waals surface area (Å²) in [5.74, 6) is -1.15. The fourth-order valence-electron chi connectivity index (χ4n) is 3.44. The van der Waals surface area contributed by atoms with Crippen LogP contribution in [0.1, 0.15) is 116 Å². The van der Waals surface area contributed by atoms with Crippen LogP contribution < -0.4 is 0 Å². The summed E-state index contributed by atoms with van der Waals surface area (Å²) in [6, 6.07) is 0. The van der Waals surface area contributed by atoms with Crippen molar-refractivity contribution in [3.05, 3.63) is 0 Å². The van der Waals surface area contributed by atoms with Crippen molar-refractivity contribution >= 4 is 5.97 Å². The van der Waals surface area contributed by atoms with Gasteiger partial charge < -0.3 is 10.2 Å². The molecule has 0 rings (SSSR count). The number of aliphatic carboxylic acids is 1. The smallest absolute Gasteiger partial charge is 0.351 e. The van der Waals surface area contributed by atoms with E-state index in [1.54, 1.807) is 14.1 Å². The van der Waals surface area contributed by atoms with E-state index in [1.165, 1.54) is 88.4 Å². The number of hydrogen-bond acceptors (Lipinski definition) is 3. The second-order valence-corrected chi connectivity index (χ2v) is 8.07. The Kier molecular flexibility index (Phi) is 16.2. The number of carbonyl (C=O) groups is 1. The van der Waals surface area contributed by atoms with Crippen LogP contribution in [-0.2, 0) is 4.79 Å². The minimum Gasteiger partial charge on any atom is -0.478 e.